The summed E-state index contributed by atoms with van der Waals surface area (Å²) in [4.78, 5) is 6.96. The third-order valence-electron chi connectivity index (χ3n) is 5.16. The highest BCUT2D eigenvalue weighted by Gasteiger charge is 2.26. The topological polar surface area (TPSA) is 83.1 Å². The second-order valence-electron chi connectivity index (χ2n) is 7.78. The predicted molar refractivity (Wildman–Crippen MR) is 118 cm³/mol. The lowest BCUT2D eigenvalue weighted by atomic mass is 9.98. The van der Waals surface area contributed by atoms with E-state index in [1.54, 1.807) is 13.2 Å². The number of rotatable bonds is 7. The van der Waals surface area contributed by atoms with E-state index in [4.69, 9.17) is 15.5 Å². The molecular formula is C22H40N4O2. The van der Waals surface area contributed by atoms with Crippen LogP contribution >= 0.6 is 0 Å². The molecule has 28 heavy (non-hydrogen) atoms. The molecule has 1 aliphatic rings. The van der Waals surface area contributed by atoms with E-state index >= 15 is 0 Å². The molecule has 0 spiro atoms. The fourth-order valence-corrected chi connectivity index (χ4v) is 3.65. The molecular weight excluding hydrogens is 352 g/mol. The van der Waals surface area contributed by atoms with E-state index in [0.717, 1.165) is 55.1 Å². The van der Waals surface area contributed by atoms with Gasteiger partial charge in [0, 0.05) is 30.8 Å². The van der Waals surface area contributed by atoms with E-state index in [1.807, 2.05) is 26.8 Å². The second-order valence-corrected chi connectivity index (χ2v) is 7.78. The van der Waals surface area contributed by atoms with Gasteiger partial charge >= 0.3 is 0 Å². The lowest BCUT2D eigenvalue weighted by Gasteiger charge is -2.35. The van der Waals surface area contributed by atoms with Crippen molar-refractivity contribution in [2.75, 3.05) is 20.2 Å². The van der Waals surface area contributed by atoms with Crippen LogP contribution in [0.2, 0.25) is 0 Å². The van der Waals surface area contributed by atoms with Gasteiger partial charge in [0.05, 0.1) is 30.8 Å². The molecule has 1 rings (SSSR count). The first-order valence-corrected chi connectivity index (χ1v) is 10.3. The summed E-state index contributed by atoms with van der Waals surface area (Å²) >= 11 is 0. The van der Waals surface area contributed by atoms with Gasteiger partial charge in [-0.1, -0.05) is 32.9 Å². The molecule has 0 bridgehead atoms. The summed E-state index contributed by atoms with van der Waals surface area (Å²) in [5.41, 5.74) is 7.63. The number of nitrogens with one attached hydrogen (secondary N) is 1. The number of hydrogen-bond donors (Lipinski definition) is 3. The summed E-state index contributed by atoms with van der Waals surface area (Å²) in [6.07, 6.45) is 6.56. The summed E-state index contributed by atoms with van der Waals surface area (Å²) in [7, 11) is 1.70. The Kier molecular flexibility index (Phi) is 9.76. The number of methoxy groups -OCH3 is 1. The minimum atomic E-state index is -0.766. The average Bonchev–Trinajstić information content (AvgIpc) is 2.62. The summed E-state index contributed by atoms with van der Waals surface area (Å²) in [6, 6.07) is -0.126. The standard InChI is InChI=1S/C22H40N4O2/c1-8-11-19-18(20(10-3)28-7)12-14-26(15-22(6,27)13-9-2)17(5)24-16(4)21(23)25-19/h8,11,16,21,25,27H,1,9-10,12-15,23H2,2-7H3/b19-11+,20-18+,24-17?. The molecule has 0 aromatic carbocycles. The Labute approximate surface area is 171 Å². The molecule has 0 aromatic rings. The van der Waals surface area contributed by atoms with Crippen molar-refractivity contribution in [2.45, 2.75) is 78.1 Å². The van der Waals surface area contributed by atoms with Gasteiger partial charge in [-0.15, -0.1) is 0 Å². The molecule has 0 radical (unpaired) electrons. The zero-order chi connectivity index (χ0) is 21.3. The number of β-amino-alcohol motifs (C(OH)–C–C–N with tert-alkyl or cyclic N) is 1. The van der Waals surface area contributed by atoms with Crippen molar-refractivity contribution in [1.29, 1.82) is 0 Å². The maximum Gasteiger partial charge on any atom is 0.101 e. The van der Waals surface area contributed by atoms with Gasteiger partial charge < -0.3 is 25.8 Å². The molecule has 6 heteroatoms. The van der Waals surface area contributed by atoms with Crippen LogP contribution in [0.1, 0.15) is 60.3 Å². The quantitative estimate of drug-likeness (QED) is 0.579. The van der Waals surface area contributed by atoms with E-state index in [1.165, 1.54) is 0 Å². The van der Waals surface area contributed by atoms with Crippen LogP contribution in [0.3, 0.4) is 0 Å². The molecule has 3 unspecified atom stereocenters. The fraction of sp³-hybridized carbons (Fsp3) is 0.682. The molecule has 0 aromatic heterocycles. The summed E-state index contributed by atoms with van der Waals surface area (Å²) < 4.78 is 5.67. The van der Waals surface area contributed by atoms with Gasteiger partial charge in [-0.3, -0.25) is 4.99 Å². The highest BCUT2D eigenvalue weighted by Crippen LogP contribution is 2.24. The number of aliphatic hydroxyl groups is 1. The molecule has 0 saturated carbocycles. The smallest absolute Gasteiger partial charge is 0.101 e. The monoisotopic (exact) mass is 392 g/mol. The first-order chi connectivity index (χ1) is 13.2. The minimum absolute atomic E-state index is 0.126. The number of nitrogens with zero attached hydrogens (tertiary/aromatic N) is 2. The summed E-state index contributed by atoms with van der Waals surface area (Å²) in [5.74, 6) is 1.82. The Morgan fingerprint density at radius 1 is 1.50 bits per heavy atom. The lowest BCUT2D eigenvalue weighted by molar-refractivity contribution is 0.0286. The Hall–Kier alpha value is -1.79. The van der Waals surface area contributed by atoms with Crippen LogP contribution in [0.5, 0.6) is 0 Å². The largest absolute Gasteiger partial charge is 0.501 e. The molecule has 0 amide bonds. The molecule has 0 fully saturated rings. The van der Waals surface area contributed by atoms with Crippen molar-refractivity contribution in [3.05, 3.63) is 35.8 Å². The van der Waals surface area contributed by atoms with Crippen molar-refractivity contribution in [2.24, 2.45) is 10.7 Å². The number of hydrogen-bond acceptors (Lipinski definition) is 6. The molecule has 1 heterocycles. The Balaban J connectivity index is 3.37. The minimum Gasteiger partial charge on any atom is -0.501 e. The Bertz CT molecular complexity index is 602. The number of allylic oxidation sites excluding steroid dienone is 4. The van der Waals surface area contributed by atoms with Crippen molar-refractivity contribution in [3.8, 4) is 0 Å². The number of ether oxygens (including phenoxy) is 1. The fourth-order valence-electron chi connectivity index (χ4n) is 3.65. The van der Waals surface area contributed by atoms with Gasteiger partial charge in [-0.2, -0.15) is 0 Å². The van der Waals surface area contributed by atoms with Gasteiger partial charge in [-0.25, -0.2) is 0 Å². The van der Waals surface area contributed by atoms with E-state index < -0.39 is 5.60 Å². The first kappa shape index (κ1) is 24.2. The second kappa shape index (κ2) is 11.3. The lowest BCUT2D eigenvalue weighted by Crippen LogP contribution is -2.48. The molecule has 0 saturated heterocycles. The van der Waals surface area contributed by atoms with Gasteiger partial charge in [0.2, 0.25) is 0 Å². The van der Waals surface area contributed by atoms with Crippen molar-refractivity contribution in [1.82, 2.24) is 10.2 Å². The van der Waals surface area contributed by atoms with Crippen molar-refractivity contribution >= 4 is 5.84 Å². The van der Waals surface area contributed by atoms with Crippen LogP contribution in [0.4, 0.5) is 0 Å². The van der Waals surface area contributed by atoms with E-state index in [2.05, 4.69) is 30.6 Å². The normalized spacial score (nSPS) is 26.8. The maximum atomic E-state index is 10.8. The zero-order valence-corrected chi connectivity index (χ0v) is 18.6. The Morgan fingerprint density at radius 3 is 2.71 bits per heavy atom. The molecule has 4 N–H and O–H groups in total. The third-order valence-corrected chi connectivity index (χ3v) is 5.16. The first-order valence-electron chi connectivity index (χ1n) is 10.3. The van der Waals surface area contributed by atoms with Crippen LogP contribution in [-0.2, 0) is 4.74 Å². The van der Waals surface area contributed by atoms with Crippen LogP contribution < -0.4 is 11.1 Å². The highest BCUT2D eigenvalue weighted by atomic mass is 16.5. The molecule has 160 valence electrons. The number of nitrogens with two attached hydrogens (primary N) is 1. The Morgan fingerprint density at radius 2 is 2.18 bits per heavy atom. The van der Waals surface area contributed by atoms with E-state index in [0.29, 0.717) is 6.54 Å². The SMILES string of the molecule is C=C/C=C1/NC(N)C(C)N=C(C)N(CC(C)(O)CCC)CC/C1=C(/CC)OC. The summed E-state index contributed by atoms with van der Waals surface area (Å²) in [6.45, 7) is 15.2. The number of aliphatic imine (C=N–C) groups is 1. The van der Waals surface area contributed by atoms with Gasteiger partial charge in [0.25, 0.3) is 0 Å². The molecule has 0 aliphatic carbocycles. The van der Waals surface area contributed by atoms with Crippen LogP contribution in [0, 0.1) is 0 Å². The average molecular weight is 393 g/mol. The van der Waals surface area contributed by atoms with Gasteiger partial charge in [0.15, 0.2) is 0 Å². The number of amidine groups is 1. The highest BCUT2D eigenvalue weighted by molar-refractivity contribution is 5.80. The maximum absolute atomic E-state index is 10.8. The summed E-state index contributed by atoms with van der Waals surface area (Å²) in [5, 5.41) is 14.2. The van der Waals surface area contributed by atoms with Crippen LogP contribution in [0.25, 0.3) is 0 Å². The van der Waals surface area contributed by atoms with Crippen LogP contribution in [-0.4, -0.2) is 53.9 Å². The van der Waals surface area contributed by atoms with Gasteiger partial charge in [-0.05, 0) is 39.7 Å². The van der Waals surface area contributed by atoms with Crippen molar-refractivity contribution < 1.29 is 9.84 Å². The van der Waals surface area contributed by atoms with E-state index in [9.17, 15) is 5.11 Å². The predicted octanol–water partition coefficient (Wildman–Crippen LogP) is 3.30. The van der Waals surface area contributed by atoms with Crippen molar-refractivity contribution in [3.63, 3.8) is 0 Å². The van der Waals surface area contributed by atoms with Gasteiger partial charge in [0.1, 0.15) is 5.76 Å². The molecule has 3 atom stereocenters. The zero-order valence-electron chi connectivity index (χ0n) is 18.6. The van der Waals surface area contributed by atoms with E-state index in [-0.39, 0.29) is 12.2 Å². The molecule has 6 nitrogen and oxygen atoms in total. The molecule has 1 aliphatic heterocycles. The third kappa shape index (κ3) is 6.99. The van der Waals surface area contributed by atoms with Crippen LogP contribution in [0.15, 0.2) is 40.8 Å².